The molecule has 0 saturated carbocycles. The summed E-state index contributed by atoms with van der Waals surface area (Å²) in [7, 11) is -3.84. The molecule has 0 atom stereocenters. The lowest BCUT2D eigenvalue weighted by molar-refractivity contribution is 0.475. The number of unbranched alkanes of at least 4 members (excludes halogenated alkanes) is 1. The summed E-state index contributed by atoms with van der Waals surface area (Å²) in [6, 6.07) is 6.61. The van der Waals surface area contributed by atoms with Gasteiger partial charge in [0.2, 0.25) is 0 Å². The number of anilines is 1. The molecule has 0 heterocycles. The first-order valence-electron chi connectivity index (χ1n) is 4.95. The quantitative estimate of drug-likeness (QED) is 0.401. The SMILES string of the molecule is O=S(=O)(O)CCCCNc1ccc(O)cc1. The molecule has 1 aromatic rings. The van der Waals surface area contributed by atoms with E-state index in [0.29, 0.717) is 19.4 Å². The summed E-state index contributed by atoms with van der Waals surface area (Å²) in [5.74, 6) is 0.00138. The van der Waals surface area contributed by atoms with Crippen molar-refractivity contribution in [3.8, 4) is 5.75 Å². The molecule has 0 aromatic heterocycles. The molecule has 90 valence electrons. The Kier molecular flexibility index (Phi) is 4.57. The lowest BCUT2D eigenvalue weighted by Crippen LogP contribution is -2.07. The van der Waals surface area contributed by atoms with Crippen LogP contribution in [0.3, 0.4) is 0 Å². The van der Waals surface area contributed by atoms with E-state index in [9.17, 15) is 8.42 Å². The highest BCUT2D eigenvalue weighted by Gasteiger charge is 2.02. The van der Waals surface area contributed by atoms with Crippen LogP contribution in [-0.2, 0) is 10.1 Å². The van der Waals surface area contributed by atoms with Gasteiger partial charge in [0.15, 0.2) is 0 Å². The van der Waals surface area contributed by atoms with Crippen LogP contribution in [0.15, 0.2) is 24.3 Å². The number of hydrogen-bond donors (Lipinski definition) is 3. The first-order chi connectivity index (χ1) is 7.47. The van der Waals surface area contributed by atoms with Crippen molar-refractivity contribution in [2.75, 3.05) is 17.6 Å². The Morgan fingerprint density at radius 2 is 1.75 bits per heavy atom. The van der Waals surface area contributed by atoms with Crippen molar-refractivity contribution in [2.24, 2.45) is 0 Å². The number of hydrogen-bond acceptors (Lipinski definition) is 4. The summed E-state index contributed by atoms with van der Waals surface area (Å²) in [6.45, 7) is 0.625. The van der Waals surface area contributed by atoms with Gasteiger partial charge in [-0.25, -0.2) is 0 Å². The van der Waals surface area contributed by atoms with Crippen molar-refractivity contribution in [1.29, 1.82) is 0 Å². The zero-order valence-electron chi connectivity index (χ0n) is 8.76. The zero-order valence-corrected chi connectivity index (χ0v) is 9.57. The van der Waals surface area contributed by atoms with Crippen molar-refractivity contribution >= 4 is 15.8 Å². The Labute approximate surface area is 94.9 Å². The molecule has 0 aliphatic carbocycles. The largest absolute Gasteiger partial charge is 0.508 e. The summed E-state index contributed by atoms with van der Waals surface area (Å²) in [6.07, 6.45) is 1.07. The smallest absolute Gasteiger partial charge is 0.264 e. The second kappa shape index (κ2) is 5.72. The third kappa shape index (κ3) is 5.57. The normalized spacial score (nSPS) is 11.3. The highest BCUT2D eigenvalue weighted by Crippen LogP contribution is 2.13. The maximum Gasteiger partial charge on any atom is 0.264 e. The van der Waals surface area contributed by atoms with Gasteiger partial charge in [0.25, 0.3) is 10.1 Å². The van der Waals surface area contributed by atoms with Crippen LogP contribution < -0.4 is 5.32 Å². The van der Waals surface area contributed by atoms with E-state index in [1.807, 2.05) is 0 Å². The molecule has 3 N–H and O–H groups in total. The highest BCUT2D eigenvalue weighted by molar-refractivity contribution is 7.85. The molecule has 1 rings (SSSR count). The molecule has 0 bridgehead atoms. The number of phenolic OH excluding ortho intramolecular Hbond substituents is 1. The van der Waals surface area contributed by atoms with Gasteiger partial charge in [0, 0.05) is 12.2 Å². The van der Waals surface area contributed by atoms with Crippen LogP contribution in [0, 0.1) is 0 Å². The predicted molar refractivity (Wildman–Crippen MR) is 62.2 cm³/mol. The van der Waals surface area contributed by atoms with Gasteiger partial charge in [-0.1, -0.05) is 0 Å². The van der Waals surface area contributed by atoms with Crippen LogP contribution in [0.1, 0.15) is 12.8 Å². The molecule has 5 nitrogen and oxygen atoms in total. The Balaban J connectivity index is 2.19. The summed E-state index contributed by atoms with van der Waals surface area (Å²) in [4.78, 5) is 0. The molecule has 0 saturated heterocycles. The third-order valence-electron chi connectivity index (χ3n) is 2.03. The Bertz CT molecular complexity index is 413. The van der Waals surface area contributed by atoms with Gasteiger partial charge in [-0.15, -0.1) is 0 Å². The number of nitrogens with one attached hydrogen (secondary N) is 1. The standard InChI is InChI=1S/C10H15NO4S/c12-10-5-3-9(4-6-10)11-7-1-2-8-16(13,14)15/h3-6,11-12H,1-2,7-8H2,(H,13,14,15). The second-order valence-corrected chi connectivity index (χ2v) is 5.04. The fourth-order valence-electron chi connectivity index (χ4n) is 1.22. The van der Waals surface area contributed by atoms with Gasteiger partial charge in [-0.2, -0.15) is 8.42 Å². The molecule has 0 fully saturated rings. The molecule has 0 aliphatic rings. The molecule has 1 aromatic carbocycles. The van der Waals surface area contributed by atoms with Crippen LogP contribution in [0.2, 0.25) is 0 Å². The van der Waals surface area contributed by atoms with Gasteiger partial charge in [0.05, 0.1) is 5.75 Å². The third-order valence-corrected chi connectivity index (χ3v) is 2.83. The molecule has 16 heavy (non-hydrogen) atoms. The monoisotopic (exact) mass is 245 g/mol. The van der Waals surface area contributed by atoms with E-state index in [0.717, 1.165) is 5.69 Å². The first-order valence-corrected chi connectivity index (χ1v) is 6.56. The fourth-order valence-corrected chi connectivity index (χ4v) is 1.79. The predicted octanol–water partition coefficient (Wildman–Crippen LogP) is 1.47. The van der Waals surface area contributed by atoms with Crippen molar-refractivity contribution in [3.05, 3.63) is 24.3 Å². The Morgan fingerprint density at radius 1 is 1.12 bits per heavy atom. The number of rotatable bonds is 6. The number of aromatic hydroxyl groups is 1. The molecule has 0 aliphatic heterocycles. The van der Waals surface area contributed by atoms with Crippen molar-refractivity contribution in [2.45, 2.75) is 12.8 Å². The second-order valence-electron chi connectivity index (χ2n) is 3.47. The average Bonchev–Trinajstić information content (AvgIpc) is 2.19. The minimum absolute atomic E-state index is 0.204. The van der Waals surface area contributed by atoms with Crippen LogP contribution in [-0.4, -0.2) is 30.4 Å². The minimum atomic E-state index is -3.84. The number of benzene rings is 1. The lowest BCUT2D eigenvalue weighted by Gasteiger charge is -2.05. The van der Waals surface area contributed by atoms with Crippen molar-refractivity contribution in [3.63, 3.8) is 0 Å². The average molecular weight is 245 g/mol. The Morgan fingerprint density at radius 3 is 2.31 bits per heavy atom. The summed E-state index contributed by atoms with van der Waals surface area (Å²) in [5, 5.41) is 12.1. The van der Waals surface area contributed by atoms with E-state index in [1.54, 1.807) is 24.3 Å². The zero-order chi connectivity index (χ0) is 12.0. The minimum Gasteiger partial charge on any atom is -0.508 e. The molecule has 6 heteroatoms. The van der Waals surface area contributed by atoms with E-state index < -0.39 is 10.1 Å². The van der Waals surface area contributed by atoms with Gasteiger partial charge < -0.3 is 10.4 Å². The van der Waals surface area contributed by atoms with E-state index in [4.69, 9.17) is 9.66 Å². The van der Waals surface area contributed by atoms with E-state index in [-0.39, 0.29) is 11.5 Å². The van der Waals surface area contributed by atoms with Crippen molar-refractivity contribution in [1.82, 2.24) is 0 Å². The van der Waals surface area contributed by atoms with Gasteiger partial charge in [-0.05, 0) is 37.1 Å². The van der Waals surface area contributed by atoms with E-state index >= 15 is 0 Å². The van der Waals surface area contributed by atoms with Gasteiger partial charge in [0.1, 0.15) is 5.75 Å². The topological polar surface area (TPSA) is 86.6 Å². The molecular formula is C10H15NO4S. The Hall–Kier alpha value is -1.27. The summed E-state index contributed by atoms with van der Waals surface area (Å²) < 4.78 is 29.3. The fraction of sp³-hybridized carbons (Fsp3) is 0.400. The molecule has 0 unspecified atom stereocenters. The lowest BCUT2D eigenvalue weighted by atomic mass is 10.3. The van der Waals surface area contributed by atoms with Gasteiger partial charge >= 0.3 is 0 Å². The van der Waals surface area contributed by atoms with Crippen LogP contribution >= 0.6 is 0 Å². The molecule has 0 spiro atoms. The maximum atomic E-state index is 10.4. The summed E-state index contributed by atoms with van der Waals surface area (Å²) >= 11 is 0. The van der Waals surface area contributed by atoms with Crippen LogP contribution in [0.25, 0.3) is 0 Å². The first kappa shape index (κ1) is 12.8. The number of phenols is 1. The molecule has 0 amide bonds. The molecular weight excluding hydrogens is 230 g/mol. The maximum absolute atomic E-state index is 10.4. The van der Waals surface area contributed by atoms with Crippen molar-refractivity contribution < 1.29 is 18.1 Å². The van der Waals surface area contributed by atoms with Crippen LogP contribution in [0.4, 0.5) is 5.69 Å². The molecule has 0 radical (unpaired) electrons. The van der Waals surface area contributed by atoms with Crippen LogP contribution in [0.5, 0.6) is 5.75 Å². The highest BCUT2D eigenvalue weighted by atomic mass is 32.2. The van der Waals surface area contributed by atoms with E-state index in [1.165, 1.54) is 0 Å². The van der Waals surface area contributed by atoms with Gasteiger partial charge in [-0.3, -0.25) is 4.55 Å². The van der Waals surface area contributed by atoms with E-state index in [2.05, 4.69) is 5.32 Å². The summed E-state index contributed by atoms with van der Waals surface area (Å²) in [5.41, 5.74) is 0.865.